The zero-order chi connectivity index (χ0) is 18.0. The Morgan fingerprint density at radius 1 is 1.16 bits per heavy atom. The Labute approximate surface area is 151 Å². The number of methoxy groups -OCH3 is 1. The SMILES string of the molecule is COC(=O)C1Cc2ccccc2N1C(=O)C(C)Oc1ccc(Cl)cc1. The lowest BCUT2D eigenvalue weighted by atomic mass is 10.1. The summed E-state index contributed by atoms with van der Waals surface area (Å²) in [6.45, 7) is 1.66. The topological polar surface area (TPSA) is 55.8 Å². The average molecular weight is 360 g/mol. The number of anilines is 1. The fourth-order valence-electron chi connectivity index (χ4n) is 2.95. The number of para-hydroxylation sites is 1. The van der Waals surface area contributed by atoms with E-state index < -0.39 is 18.1 Å². The molecule has 0 N–H and O–H groups in total. The Kier molecular flexibility index (Phi) is 4.95. The number of fused-ring (bicyclic) bond motifs is 1. The number of halogens is 1. The first-order valence-corrected chi connectivity index (χ1v) is 8.30. The van der Waals surface area contributed by atoms with Crippen LogP contribution in [0.4, 0.5) is 5.69 Å². The number of hydrogen-bond acceptors (Lipinski definition) is 4. The van der Waals surface area contributed by atoms with E-state index in [1.807, 2.05) is 24.3 Å². The van der Waals surface area contributed by atoms with Crippen molar-refractivity contribution in [2.45, 2.75) is 25.5 Å². The van der Waals surface area contributed by atoms with Gasteiger partial charge in [0.25, 0.3) is 5.91 Å². The van der Waals surface area contributed by atoms with Gasteiger partial charge in [0.15, 0.2) is 6.10 Å². The molecule has 0 aliphatic carbocycles. The molecule has 0 fully saturated rings. The maximum Gasteiger partial charge on any atom is 0.329 e. The van der Waals surface area contributed by atoms with Crippen molar-refractivity contribution in [1.82, 2.24) is 0 Å². The van der Waals surface area contributed by atoms with Crippen LogP contribution in [0.25, 0.3) is 0 Å². The number of carbonyl (C=O) groups is 2. The highest BCUT2D eigenvalue weighted by atomic mass is 35.5. The van der Waals surface area contributed by atoms with Gasteiger partial charge in [-0.3, -0.25) is 9.69 Å². The zero-order valence-electron chi connectivity index (χ0n) is 13.9. The molecule has 0 spiro atoms. The molecule has 0 saturated carbocycles. The molecule has 1 aliphatic heterocycles. The van der Waals surface area contributed by atoms with Crippen LogP contribution in [0.15, 0.2) is 48.5 Å². The predicted molar refractivity (Wildman–Crippen MR) is 95.0 cm³/mol. The first-order chi connectivity index (χ1) is 12.0. The van der Waals surface area contributed by atoms with E-state index in [4.69, 9.17) is 21.1 Å². The average Bonchev–Trinajstić information content (AvgIpc) is 3.01. The highest BCUT2D eigenvalue weighted by Crippen LogP contribution is 2.33. The summed E-state index contributed by atoms with van der Waals surface area (Å²) < 4.78 is 10.6. The van der Waals surface area contributed by atoms with Crippen LogP contribution in [0.5, 0.6) is 5.75 Å². The quantitative estimate of drug-likeness (QED) is 0.786. The van der Waals surface area contributed by atoms with Crippen molar-refractivity contribution >= 4 is 29.2 Å². The van der Waals surface area contributed by atoms with Crippen molar-refractivity contribution in [1.29, 1.82) is 0 Å². The van der Waals surface area contributed by atoms with Crippen molar-refractivity contribution in [3.63, 3.8) is 0 Å². The predicted octanol–water partition coefficient (Wildman–Crippen LogP) is 3.24. The molecule has 130 valence electrons. The summed E-state index contributed by atoms with van der Waals surface area (Å²) in [6.07, 6.45) is -0.332. The number of carbonyl (C=O) groups excluding carboxylic acids is 2. The Bertz CT molecular complexity index is 790. The molecule has 3 rings (SSSR count). The highest BCUT2D eigenvalue weighted by molar-refractivity contribution is 6.30. The van der Waals surface area contributed by atoms with Gasteiger partial charge in [0.1, 0.15) is 11.8 Å². The van der Waals surface area contributed by atoms with Crippen molar-refractivity contribution in [2.75, 3.05) is 12.0 Å². The Morgan fingerprint density at radius 3 is 2.52 bits per heavy atom. The van der Waals surface area contributed by atoms with Crippen LogP contribution in [0.3, 0.4) is 0 Å². The standard InChI is InChI=1S/C19H18ClNO4/c1-12(25-15-9-7-14(20)8-10-15)18(22)21-16-6-4-3-5-13(16)11-17(21)19(23)24-2/h3-10,12,17H,11H2,1-2H3. The second-order valence-corrected chi connectivity index (χ2v) is 6.23. The van der Waals surface area contributed by atoms with Gasteiger partial charge >= 0.3 is 5.97 Å². The lowest BCUT2D eigenvalue weighted by Gasteiger charge is -2.27. The van der Waals surface area contributed by atoms with Gasteiger partial charge in [-0.05, 0) is 42.8 Å². The Balaban J connectivity index is 1.84. The second kappa shape index (κ2) is 7.15. The van der Waals surface area contributed by atoms with E-state index >= 15 is 0 Å². The Morgan fingerprint density at radius 2 is 1.84 bits per heavy atom. The smallest absolute Gasteiger partial charge is 0.329 e. The van der Waals surface area contributed by atoms with Gasteiger partial charge in [0.2, 0.25) is 0 Å². The monoisotopic (exact) mass is 359 g/mol. The van der Waals surface area contributed by atoms with Gasteiger partial charge < -0.3 is 9.47 Å². The van der Waals surface area contributed by atoms with Crippen LogP contribution in [-0.4, -0.2) is 31.1 Å². The van der Waals surface area contributed by atoms with Crippen LogP contribution in [0, 0.1) is 0 Å². The highest BCUT2D eigenvalue weighted by Gasteiger charge is 2.40. The molecule has 2 aromatic carbocycles. The summed E-state index contributed by atoms with van der Waals surface area (Å²) in [5.74, 6) is -0.203. The van der Waals surface area contributed by atoms with E-state index in [0.717, 1.165) is 11.3 Å². The summed E-state index contributed by atoms with van der Waals surface area (Å²) in [7, 11) is 1.32. The van der Waals surface area contributed by atoms with Gasteiger partial charge in [0.05, 0.1) is 7.11 Å². The molecule has 5 nitrogen and oxygen atoms in total. The van der Waals surface area contributed by atoms with Gasteiger partial charge in [0, 0.05) is 17.1 Å². The third-order valence-corrected chi connectivity index (χ3v) is 4.41. The molecule has 1 aliphatic rings. The summed E-state index contributed by atoms with van der Waals surface area (Å²) in [4.78, 5) is 26.6. The van der Waals surface area contributed by atoms with Gasteiger partial charge in [-0.2, -0.15) is 0 Å². The number of hydrogen-bond donors (Lipinski definition) is 0. The summed E-state index contributed by atoms with van der Waals surface area (Å²) in [5.41, 5.74) is 1.65. The summed E-state index contributed by atoms with van der Waals surface area (Å²) in [5, 5.41) is 0.588. The van der Waals surface area contributed by atoms with Crippen LogP contribution < -0.4 is 9.64 Å². The lowest BCUT2D eigenvalue weighted by Crippen LogP contribution is -2.48. The largest absolute Gasteiger partial charge is 0.481 e. The normalized spacial score (nSPS) is 16.9. The fourth-order valence-corrected chi connectivity index (χ4v) is 3.07. The number of nitrogens with zero attached hydrogens (tertiary/aromatic N) is 1. The first-order valence-electron chi connectivity index (χ1n) is 7.92. The van der Waals surface area contributed by atoms with Crippen molar-refractivity contribution in [3.8, 4) is 5.75 Å². The molecule has 0 bridgehead atoms. The lowest BCUT2D eigenvalue weighted by molar-refractivity contribution is -0.143. The zero-order valence-corrected chi connectivity index (χ0v) is 14.7. The van der Waals surface area contributed by atoms with Crippen LogP contribution in [0.2, 0.25) is 5.02 Å². The van der Waals surface area contributed by atoms with E-state index in [0.29, 0.717) is 17.2 Å². The van der Waals surface area contributed by atoms with Gasteiger partial charge in [-0.15, -0.1) is 0 Å². The van der Waals surface area contributed by atoms with E-state index in [1.165, 1.54) is 12.0 Å². The molecule has 2 aromatic rings. The van der Waals surface area contributed by atoms with E-state index in [2.05, 4.69) is 0 Å². The molecule has 2 atom stereocenters. The molecular weight excluding hydrogens is 342 g/mol. The third-order valence-electron chi connectivity index (χ3n) is 4.16. The van der Waals surface area contributed by atoms with Crippen molar-refractivity contribution in [2.24, 2.45) is 0 Å². The maximum atomic E-state index is 13.0. The van der Waals surface area contributed by atoms with Gasteiger partial charge in [-0.1, -0.05) is 29.8 Å². The minimum Gasteiger partial charge on any atom is -0.481 e. The second-order valence-electron chi connectivity index (χ2n) is 5.79. The molecule has 1 heterocycles. The van der Waals surface area contributed by atoms with E-state index in [9.17, 15) is 9.59 Å². The molecule has 1 amide bonds. The number of amides is 1. The van der Waals surface area contributed by atoms with Crippen LogP contribution in [0.1, 0.15) is 12.5 Å². The minimum absolute atomic E-state index is 0.296. The van der Waals surface area contributed by atoms with Gasteiger partial charge in [-0.25, -0.2) is 4.79 Å². The van der Waals surface area contributed by atoms with Crippen LogP contribution in [-0.2, 0) is 20.7 Å². The molecular formula is C19H18ClNO4. The summed E-state index contributed by atoms with van der Waals surface area (Å²) in [6, 6.07) is 13.6. The number of benzene rings is 2. The first kappa shape index (κ1) is 17.3. The Hall–Kier alpha value is -2.53. The summed E-state index contributed by atoms with van der Waals surface area (Å²) >= 11 is 5.86. The third kappa shape index (κ3) is 3.46. The fraction of sp³-hybridized carbons (Fsp3) is 0.263. The minimum atomic E-state index is -0.764. The molecule has 6 heteroatoms. The molecule has 0 aromatic heterocycles. The molecule has 0 radical (unpaired) electrons. The van der Waals surface area contributed by atoms with E-state index in [-0.39, 0.29) is 5.91 Å². The number of esters is 1. The molecule has 0 saturated heterocycles. The number of rotatable bonds is 4. The van der Waals surface area contributed by atoms with Crippen LogP contribution >= 0.6 is 11.6 Å². The molecule has 25 heavy (non-hydrogen) atoms. The van der Waals surface area contributed by atoms with Crippen molar-refractivity contribution in [3.05, 3.63) is 59.1 Å². The van der Waals surface area contributed by atoms with Crippen molar-refractivity contribution < 1.29 is 19.1 Å². The molecule has 2 unspecified atom stereocenters. The van der Waals surface area contributed by atoms with E-state index in [1.54, 1.807) is 31.2 Å². The maximum absolute atomic E-state index is 13.0. The number of ether oxygens (including phenoxy) is 2.